The second-order valence-electron chi connectivity index (χ2n) is 3.60. The van der Waals surface area contributed by atoms with E-state index in [0.717, 1.165) is 0 Å². The number of hydrogen-bond donors (Lipinski definition) is 1. The molecule has 0 fully saturated rings. The molecule has 7 nitrogen and oxygen atoms in total. The lowest BCUT2D eigenvalue weighted by Gasteiger charge is -2.07. The average Bonchev–Trinajstić information content (AvgIpc) is 2.71. The maximum Gasteiger partial charge on any atom is 0.310 e. The minimum atomic E-state index is -0.513. The van der Waals surface area contributed by atoms with E-state index < -0.39 is 4.92 Å². The van der Waals surface area contributed by atoms with Crippen molar-refractivity contribution in [1.29, 1.82) is 0 Å². The molecule has 0 aliphatic heterocycles. The van der Waals surface area contributed by atoms with Gasteiger partial charge >= 0.3 is 5.69 Å². The number of nitrogens with one attached hydrogen (secondary N) is 1. The average molecular weight is 268 g/mol. The summed E-state index contributed by atoms with van der Waals surface area (Å²) in [7, 11) is 1.80. The van der Waals surface area contributed by atoms with Crippen LogP contribution in [0.15, 0.2) is 24.5 Å². The van der Waals surface area contributed by atoms with Crippen molar-refractivity contribution in [3.05, 3.63) is 45.5 Å². The Hall–Kier alpha value is -2.15. The molecule has 0 saturated heterocycles. The predicted molar refractivity (Wildman–Crippen MR) is 66.4 cm³/mol. The van der Waals surface area contributed by atoms with Crippen molar-refractivity contribution in [3.63, 3.8) is 0 Å². The van der Waals surface area contributed by atoms with Crippen LogP contribution in [0, 0.1) is 10.1 Å². The lowest BCUT2D eigenvalue weighted by molar-refractivity contribution is -0.383. The van der Waals surface area contributed by atoms with Crippen LogP contribution in [0.3, 0.4) is 0 Å². The number of nitro groups is 1. The summed E-state index contributed by atoms with van der Waals surface area (Å²) < 4.78 is 1.73. The molecule has 0 spiro atoms. The number of hydrogen-bond acceptors (Lipinski definition) is 5. The van der Waals surface area contributed by atoms with Gasteiger partial charge in [0.25, 0.3) is 0 Å². The highest BCUT2D eigenvalue weighted by Gasteiger charge is 2.18. The highest BCUT2D eigenvalue weighted by Crippen LogP contribution is 2.32. The first kappa shape index (κ1) is 12.3. The van der Waals surface area contributed by atoms with E-state index in [4.69, 9.17) is 11.6 Å². The van der Waals surface area contributed by atoms with E-state index in [1.807, 2.05) is 0 Å². The van der Waals surface area contributed by atoms with Crippen molar-refractivity contribution in [3.8, 4) is 0 Å². The summed E-state index contributed by atoms with van der Waals surface area (Å²) >= 11 is 5.80. The number of halogens is 1. The van der Waals surface area contributed by atoms with Gasteiger partial charge in [-0.25, -0.2) is 0 Å². The standard InChI is InChI=1S/C10H10ClN5O2/c1-15-6-13-14-9(15)5-12-8-4-2-3-7(11)10(8)16(17)18/h2-4,6,12H,5H2,1H3. The van der Waals surface area contributed by atoms with Gasteiger partial charge in [0, 0.05) is 7.05 Å². The second kappa shape index (κ2) is 5.01. The highest BCUT2D eigenvalue weighted by atomic mass is 35.5. The minimum absolute atomic E-state index is 0.1000. The van der Waals surface area contributed by atoms with Crippen LogP contribution in [0.2, 0.25) is 5.02 Å². The Balaban J connectivity index is 2.22. The van der Waals surface area contributed by atoms with Crippen LogP contribution in [-0.4, -0.2) is 19.7 Å². The number of para-hydroxylation sites is 1. The van der Waals surface area contributed by atoms with Gasteiger partial charge in [-0.2, -0.15) is 0 Å². The van der Waals surface area contributed by atoms with E-state index in [1.54, 1.807) is 30.1 Å². The Kier molecular flexibility index (Phi) is 3.42. The fourth-order valence-corrected chi connectivity index (χ4v) is 1.73. The Labute approximate surface area is 108 Å². The van der Waals surface area contributed by atoms with E-state index in [0.29, 0.717) is 18.1 Å². The Morgan fingerprint density at radius 3 is 2.94 bits per heavy atom. The molecule has 0 radical (unpaired) electrons. The van der Waals surface area contributed by atoms with Crippen LogP contribution >= 0.6 is 11.6 Å². The van der Waals surface area contributed by atoms with Crippen LogP contribution in [0.4, 0.5) is 11.4 Å². The lowest BCUT2D eigenvalue weighted by Crippen LogP contribution is -2.07. The van der Waals surface area contributed by atoms with E-state index >= 15 is 0 Å². The summed E-state index contributed by atoms with van der Waals surface area (Å²) in [6.45, 7) is 0.331. The molecule has 2 aromatic rings. The van der Waals surface area contributed by atoms with Gasteiger partial charge in [-0.05, 0) is 12.1 Å². The van der Waals surface area contributed by atoms with Gasteiger partial charge < -0.3 is 9.88 Å². The quantitative estimate of drug-likeness (QED) is 0.676. The molecule has 1 heterocycles. The number of anilines is 1. The summed E-state index contributed by atoms with van der Waals surface area (Å²) in [6, 6.07) is 4.72. The van der Waals surface area contributed by atoms with Gasteiger partial charge in [0.2, 0.25) is 0 Å². The summed E-state index contributed by atoms with van der Waals surface area (Å²) in [5.74, 6) is 0.671. The minimum Gasteiger partial charge on any atom is -0.372 e. The smallest absolute Gasteiger partial charge is 0.310 e. The molecule has 1 N–H and O–H groups in total. The molecule has 0 aliphatic rings. The van der Waals surface area contributed by atoms with Crippen LogP contribution in [-0.2, 0) is 13.6 Å². The third kappa shape index (κ3) is 2.40. The molecule has 0 atom stereocenters. The van der Waals surface area contributed by atoms with Crippen molar-refractivity contribution in [1.82, 2.24) is 14.8 Å². The summed E-state index contributed by atoms with van der Waals surface area (Å²) in [4.78, 5) is 10.4. The number of aryl methyl sites for hydroxylation is 1. The van der Waals surface area contributed by atoms with Crippen molar-refractivity contribution < 1.29 is 4.92 Å². The number of nitrogens with zero attached hydrogens (tertiary/aromatic N) is 4. The van der Waals surface area contributed by atoms with Gasteiger partial charge in [-0.1, -0.05) is 17.7 Å². The Morgan fingerprint density at radius 1 is 1.56 bits per heavy atom. The molecule has 0 saturated carbocycles. The van der Waals surface area contributed by atoms with Crippen LogP contribution in [0.1, 0.15) is 5.82 Å². The zero-order valence-corrected chi connectivity index (χ0v) is 10.3. The van der Waals surface area contributed by atoms with E-state index in [9.17, 15) is 10.1 Å². The first-order valence-electron chi connectivity index (χ1n) is 5.09. The first-order valence-corrected chi connectivity index (χ1v) is 5.47. The van der Waals surface area contributed by atoms with Crippen molar-refractivity contribution in [2.24, 2.45) is 7.05 Å². The Bertz CT molecular complexity index is 583. The molecule has 2 rings (SSSR count). The third-order valence-corrected chi connectivity index (χ3v) is 2.72. The van der Waals surface area contributed by atoms with E-state index in [1.165, 1.54) is 6.07 Å². The molecule has 8 heteroatoms. The van der Waals surface area contributed by atoms with Crippen molar-refractivity contribution >= 4 is 23.0 Å². The molecule has 18 heavy (non-hydrogen) atoms. The van der Waals surface area contributed by atoms with Gasteiger partial charge in [-0.15, -0.1) is 10.2 Å². The van der Waals surface area contributed by atoms with Crippen molar-refractivity contribution in [2.45, 2.75) is 6.54 Å². The van der Waals surface area contributed by atoms with E-state index in [2.05, 4.69) is 15.5 Å². The number of nitro benzene ring substituents is 1. The largest absolute Gasteiger partial charge is 0.372 e. The van der Waals surface area contributed by atoms with Gasteiger partial charge in [0.05, 0.1) is 11.5 Å². The highest BCUT2D eigenvalue weighted by molar-refractivity contribution is 6.33. The van der Waals surface area contributed by atoms with Crippen LogP contribution in [0.25, 0.3) is 0 Å². The van der Waals surface area contributed by atoms with Crippen molar-refractivity contribution in [2.75, 3.05) is 5.32 Å². The Morgan fingerprint density at radius 2 is 2.33 bits per heavy atom. The fourth-order valence-electron chi connectivity index (χ4n) is 1.48. The number of aromatic nitrogens is 3. The zero-order chi connectivity index (χ0) is 13.1. The molecule has 0 aliphatic carbocycles. The normalized spacial score (nSPS) is 10.3. The monoisotopic (exact) mass is 267 g/mol. The SMILES string of the molecule is Cn1cnnc1CNc1cccc(Cl)c1[N+](=O)[O-]. The zero-order valence-electron chi connectivity index (χ0n) is 9.50. The maximum absolute atomic E-state index is 10.9. The third-order valence-electron chi connectivity index (χ3n) is 2.41. The van der Waals surface area contributed by atoms with Crippen LogP contribution in [0.5, 0.6) is 0 Å². The summed E-state index contributed by atoms with van der Waals surface area (Å²) in [5.41, 5.74) is 0.219. The molecule has 1 aromatic heterocycles. The number of benzene rings is 1. The second-order valence-corrected chi connectivity index (χ2v) is 4.01. The molecule has 0 unspecified atom stereocenters. The van der Waals surface area contributed by atoms with Gasteiger partial charge in [0.1, 0.15) is 17.0 Å². The molecule has 94 valence electrons. The summed E-state index contributed by atoms with van der Waals surface area (Å²) in [5, 5.41) is 21.5. The number of rotatable bonds is 4. The van der Waals surface area contributed by atoms with E-state index in [-0.39, 0.29) is 10.7 Å². The molecule has 0 amide bonds. The lowest BCUT2D eigenvalue weighted by atomic mass is 10.2. The topological polar surface area (TPSA) is 85.9 Å². The predicted octanol–water partition coefficient (Wildman–Crippen LogP) is 1.99. The molecule has 1 aromatic carbocycles. The maximum atomic E-state index is 10.9. The fraction of sp³-hybridized carbons (Fsp3) is 0.200. The molecular formula is C10H10ClN5O2. The first-order chi connectivity index (χ1) is 8.59. The van der Waals surface area contributed by atoms with Gasteiger partial charge in [0.15, 0.2) is 5.82 Å². The van der Waals surface area contributed by atoms with Crippen LogP contribution < -0.4 is 5.32 Å². The van der Waals surface area contributed by atoms with Gasteiger partial charge in [-0.3, -0.25) is 10.1 Å². The molecule has 0 bridgehead atoms. The summed E-state index contributed by atoms with van der Waals surface area (Å²) in [6.07, 6.45) is 1.56. The molecular weight excluding hydrogens is 258 g/mol.